The highest BCUT2D eigenvalue weighted by Crippen LogP contribution is 2.35. The lowest BCUT2D eigenvalue weighted by Crippen LogP contribution is -2.00. The largest absolute Gasteiger partial charge is 0.495 e. The van der Waals surface area contributed by atoms with Gasteiger partial charge in [0.25, 0.3) is 0 Å². The van der Waals surface area contributed by atoms with Crippen molar-refractivity contribution in [2.75, 3.05) is 7.11 Å². The lowest BCUT2D eigenvalue weighted by molar-refractivity contribution is 0.104. The summed E-state index contributed by atoms with van der Waals surface area (Å²) in [5.74, 6) is 0.328. The molecule has 0 bridgehead atoms. The fourth-order valence-electron chi connectivity index (χ4n) is 1.41. The van der Waals surface area contributed by atoms with Gasteiger partial charge in [0.2, 0.25) is 5.78 Å². The first-order valence-corrected chi connectivity index (χ1v) is 6.39. The molecule has 0 radical (unpaired) electrons. The number of benzene rings is 1. The third-order valence-corrected chi connectivity index (χ3v) is 3.99. The quantitative estimate of drug-likeness (QED) is 0.787. The highest BCUT2D eigenvalue weighted by molar-refractivity contribution is 7.12. The number of carbonyl (C=O) groups is 1. The van der Waals surface area contributed by atoms with Crippen LogP contribution in [0.3, 0.4) is 0 Å². The molecule has 0 amide bonds. The number of halogens is 2. The molecular weight excluding hydrogens is 279 g/mol. The van der Waals surface area contributed by atoms with Crippen molar-refractivity contribution >= 4 is 40.3 Å². The number of rotatable bonds is 3. The Hall–Kier alpha value is -1.03. The molecular formula is C12H8Cl2O2S. The molecule has 0 N–H and O–H groups in total. The Morgan fingerprint density at radius 1 is 1.24 bits per heavy atom. The molecule has 2 rings (SSSR count). The summed E-state index contributed by atoms with van der Waals surface area (Å²) in [5.41, 5.74) is 0.389. The molecule has 0 saturated carbocycles. The Bertz CT molecular complexity index is 550. The van der Waals surface area contributed by atoms with Crippen LogP contribution in [0.2, 0.25) is 10.0 Å². The van der Waals surface area contributed by atoms with E-state index in [9.17, 15) is 4.79 Å². The third kappa shape index (κ3) is 2.32. The first kappa shape index (κ1) is 12.4. The van der Waals surface area contributed by atoms with E-state index in [1.165, 1.54) is 18.4 Å². The molecule has 0 unspecified atom stereocenters. The molecule has 0 atom stereocenters. The Morgan fingerprint density at radius 2 is 2.00 bits per heavy atom. The predicted molar refractivity (Wildman–Crippen MR) is 70.8 cm³/mol. The summed E-state index contributed by atoms with van der Waals surface area (Å²) in [5, 5.41) is 2.33. The summed E-state index contributed by atoms with van der Waals surface area (Å²) in [7, 11) is 1.50. The average molecular weight is 287 g/mol. The van der Waals surface area contributed by atoms with Crippen LogP contribution in [0, 0.1) is 0 Å². The van der Waals surface area contributed by atoms with Crippen LogP contribution in [-0.2, 0) is 0 Å². The van der Waals surface area contributed by atoms with E-state index < -0.39 is 0 Å². The van der Waals surface area contributed by atoms with E-state index >= 15 is 0 Å². The molecule has 0 spiro atoms. The molecule has 1 aromatic heterocycles. The van der Waals surface area contributed by atoms with Crippen molar-refractivity contribution < 1.29 is 9.53 Å². The molecule has 88 valence electrons. The van der Waals surface area contributed by atoms with Crippen molar-refractivity contribution in [3.05, 3.63) is 50.1 Å². The number of methoxy groups -OCH3 is 1. The van der Waals surface area contributed by atoms with E-state index in [-0.39, 0.29) is 15.8 Å². The number of thiophene rings is 1. The second-order valence-electron chi connectivity index (χ2n) is 3.25. The van der Waals surface area contributed by atoms with Crippen molar-refractivity contribution in [1.82, 2.24) is 0 Å². The molecule has 2 aromatic rings. The van der Waals surface area contributed by atoms with E-state index in [0.717, 1.165) is 0 Å². The van der Waals surface area contributed by atoms with Gasteiger partial charge in [-0.25, -0.2) is 0 Å². The van der Waals surface area contributed by atoms with Crippen molar-refractivity contribution in [2.45, 2.75) is 0 Å². The van der Waals surface area contributed by atoms with Gasteiger partial charge in [-0.2, -0.15) is 0 Å². The van der Waals surface area contributed by atoms with E-state index in [2.05, 4.69) is 0 Å². The summed E-state index contributed by atoms with van der Waals surface area (Å²) in [6, 6.07) is 6.82. The van der Waals surface area contributed by atoms with Gasteiger partial charge in [0, 0.05) is 5.56 Å². The second kappa shape index (κ2) is 5.08. The fourth-order valence-corrected chi connectivity index (χ4v) is 2.57. The van der Waals surface area contributed by atoms with Crippen molar-refractivity contribution in [3.8, 4) is 5.75 Å². The zero-order valence-electron chi connectivity index (χ0n) is 8.87. The van der Waals surface area contributed by atoms with Crippen LogP contribution in [0.5, 0.6) is 5.75 Å². The number of hydrogen-bond acceptors (Lipinski definition) is 3. The highest BCUT2D eigenvalue weighted by Gasteiger charge is 2.18. The second-order valence-corrected chi connectivity index (χ2v) is 4.95. The first-order valence-electron chi connectivity index (χ1n) is 4.75. The zero-order valence-corrected chi connectivity index (χ0v) is 11.2. The van der Waals surface area contributed by atoms with Crippen LogP contribution < -0.4 is 4.74 Å². The predicted octanol–water partition coefficient (Wildman–Crippen LogP) is 4.29. The number of ether oxygens (including phenoxy) is 1. The summed E-state index contributed by atoms with van der Waals surface area (Å²) >= 11 is 13.4. The number of ketones is 1. The minimum atomic E-state index is -0.130. The minimum absolute atomic E-state index is 0.130. The van der Waals surface area contributed by atoms with E-state index in [1.54, 1.807) is 18.2 Å². The highest BCUT2D eigenvalue weighted by atomic mass is 35.5. The maximum atomic E-state index is 12.1. The summed E-state index contributed by atoms with van der Waals surface area (Å²) in [6.07, 6.45) is 0. The topological polar surface area (TPSA) is 26.3 Å². The van der Waals surface area contributed by atoms with Crippen LogP contribution in [0.1, 0.15) is 15.2 Å². The van der Waals surface area contributed by atoms with Gasteiger partial charge in [0.1, 0.15) is 10.8 Å². The van der Waals surface area contributed by atoms with Gasteiger partial charge in [-0.15, -0.1) is 11.3 Å². The van der Waals surface area contributed by atoms with E-state index in [4.69, 9.17) is 27.9 Å². The summed E-state index contributed by atoms with van der Waals surface area (Å²) in [6.45, 7) is 0. The lowest BCUT2D eigenvalue weighted by atomic mass is 10.1. The third-order valence-electron chi connectivity index (χ3n) is 2.26. The van der Waals surface area contributed by atoms with E-state index in [1.807, 2.05) is 11.4 Å². The molecule has 1 heterocycles. The SMILES string of the molecule is COc1ccc(C(=O)c2cccs2)c(Cl)c1Cl. The number of carbonyl (C=O) groups excluding carboxylic acids is 1. The Kier molecular flexibility index (Phi) is 3.72. The molecule has 17 heavy (non-hydrogen) atoms. The van der Waals surface area contributed by atoms with E-state index in [0.29, 0.717) is 16.2 Å². The average Bonchev–Trinajstić information content (AvgIpc) is 2.85. The molecule has 0 aliphatic carbocycles. The van der Waals surface area contributed by atoms with Gasteiger partial charge in [-0.05, 0) is 23.6 Å². The van der Waals surface area contributed by atoms with Gasteiger partial charge in [-0.1, -0.05) is 29.3 Å². The Morgan fingerprint density at radius 3 is 2.59 bits per heavy atom. The Labute approximate surface area is 113 Å². The molecule has 2 nitrogen and oxygen atoms in total. The first-order chi connectivity index (χ1) is 8.15. The van der Waals surface area contributed by atoms with Gasteiger partial charge >= 0.3 is 0 Å². The normalized spacial score (nSPS) is 10.3. The zero-order chi connectivity index (χ0) is 12.4. The number of hydrogen-bond donors (Lipinski definition) is 0. The molecule has 0 aliphatic rings. The fraction of sp³-hybridized carbons (Fsp3) is 0.0833. The molecule has 0 aliphatic heterocycles. The van der Waals surface area contributed by atoms with Crippen molar-refractivity contribution in [3.63, 3.8) is 0 Å². The molecule has 5 heteroatoms. The van der Waals surface area contributed by atoms with Gasteiger partial charge in [0.05, 0.1) is 17.0 Å². The van der Waals surface area contributed by atoms with Crippen molar-refractivity contribution in [2.24, 2.45) is 0 Å². The lowest BCUT2D eigenvalue weighted by Gasteiger charge is -2.08. The van der Waals surface area contributed by atoms with Crippen LogP contribution in [0.4, 0.5) is 0 Å². The standard InChI is InChI=1S/C12H8Cl2O2S/c1-16-8-5-4-7(10(13)11(8)14)12(15)9-3-2-6-17-9/h2-6H,1H3. The smallest absolute Gasteiger partial charge is 0.204 e. The monoisotopic (exact) mass is 286 g/mol. The maximum Gasteiger partial charge on any atom is 0.204 e. The van der Waals surface area contributed by atoms with Gasteiger partial charge in [0.15, 0.2) is 0 Å². The van der Waals surface area contributed by atoms with Crippen LogP contribution in [0.15, 0.2) is 29.6 Å². The molecule has 0 saturated heterocycles. The van der Waals surface area contributed by atoms with Crippen molar-refractivity contribution in [1.29, 1.82) is 0 Å². The summed E-state index contributed by atoms with van der Waals surface area (Å²) in [4.78, 5) is 12.7. The van der Waals surface area contributed by atoms with Crippen LogP contribution in [-0.4, -0.2) is 12.9 Å². The van der Waals surface area contributed by atoms with Gasteiger partial charge in [-0.3, -0.25) is 4.79 Å². The van der Waals surface area contributed by atoms with Crippen LogP contribution >= 0.6 is 34.5 Å². The molecule has 0 fully saturated rings. The van der Waals surface area contributed by atoms with Gasteiger partial charge < -0.3 is 4.74 Å². The minimum Gasteiger partial charge on any atom is -0.495 e. The maximum absolute atomic E-state index is 12.1. The summed E-state index contributed by atoms with van der Waals surface area (Å²) < 4.78 is 5.03. The molecule has 1 aromatic carbocycles. The Balaban J connectivity index is 2.47. The van der Waals surface area contributed by atoms with Crippen LogP contribution in [0.25, 0.3) is 0 Å².